The molecule has 1 saturated carbocycles. The SMILES string of the molecule is CCOC(=O)C1(c2ccc(-c3ccc(-c4onc(C)c4NC(=O)NCC(F)(F)F)cc3)cc2)CC1. The molecular formula is C25H24F3N3O4. The minimum atomic E-state index is -4.52. The molecule has 2 aromatic carbocycles. The van der Waals surface area contributed by atoms with Crippen LogP contribution in [0.4, 0.5) is 23.7 Å². The second-order valence-electron chi connectivity index (χ2n) is 8.35. The predicted molar refractivity (Wildman–Crippen MR) is 123 cm³/mol. The average molecular weight is 487 g/mol. The molecule has 0 bridgehead atoms. The van der Waals surface area contributed by atoms with Gasteiger partial charge in [-0.05, 0) is 43.4 Å². The maximum Gasteiger partial charge on any atom is 0.405 e. The summed E-state index contributed by atoms with van der Waals surface area (Å²) in [5.74, 6) is 0.0487. The van der Waals surface area contributed by atoms with E-state index in [1.807, 2.05) is 36.4 Å². The highest BCUT2D eigenvalue weighted by molar-refractivity contribution is 5.94. The zero-order chi connectivity index (χ0) is 25.2. The largest absolute Gasteiger partial charge is 0.465 e. The van der Waals surface area contributed by atoms with Gasteiger partial charge in [-0.3, -0.25) is 4.79 Å². The summed E-state index contributed by atoms with van der Waals surface area (Å²) < 4.78 is 47.6. The van der Waals surface area contributed by atoms with Gasteiger partial charge in [0.15, 0.2) is 5.76 Å². The molecule has 0 unspecified atom stereocenters. The van der Waals surface area contributed by atoms with E-state index in [0.717, 1.165) is 29.5 Å². The molecule has 1 fully saturated rings. The minimum absolute atomic E-state index is 0.184. The Morgan fingerprint density at radius 2 is 1.60 bits per heavy atom. The lowest BCUT2D eigenvalue weighted by atomic mass is 9.93. The van der Waals surface area contributed by atoms with Crippen LogP contribution in [0.5, 0.6) is 0 Å². The summed E-state index contributed by atoms with van der Waals surface area (Å²) in [7, 11) is 0. The first-order chi connectivity index (χ1) is 16.6. The van der Waals surface area contributed by atoms with Crippen LogP contribution in [0.25, 0.3) is 22.5 Å². The van der Waals surface area contributed by atoms with Gasteiger partial charge in [0.25, 0.3) is 0 Å². The molecular weight excluding hydrogens is 463 g/mol. The number of amides is 2. The monoisotopic (exact) mass is 487 g/mol. The molecule has 1 aliphatic rings. The highest BCUT2D eigenvalue weighted by atomic mass is 19.4. The number of hydrogen-bond acceptors (Lipinski definition) is 5. The third-order valence-corrected chi connectivity index (χ3v) is 5.88. The van der Waals surface area contributed by atoms with E-state index in [4.69, 9.17) is 9.26 Å². The van der Waals surface area contributed by atoms with Crippen LogP contribution in [0.2, 0.25) is 0 Å². The van der Waals surface area contributed by atoms with Crippen LogP contribution < -0.4 is 10.6 Å². The van der Waals surface area contributed by atoms with Crippen LogP contribution in [-0.4, -0.2) is 36.5 Å². The molecule has 1 aromatic heterocycles. The summed E-state index contributed by atoms with van der Waals surface area (Å²) in [6.07, 6.45) is -2.96. The lowest BCUT2D eigenvalue weighted by Crippen LogP contribution is -2.36. The van der Waals surface area contributed by atoms with Crippen molar-refractivity contribution >= 4 is 17.7 Å². The third kappa shape index (κ3) is 5.31. The Kier molecular flexibility index (Phi) is 6.56. The number of alkyl halides is 3. The normalized spacial score (nSPS) is 14.3. The van der Waals surface area contributed by atoms with E-state index in [0.29, 0.717) is 17.9 Å². The van der Waals surface area contributed by atoms with Crippen molar-refractivity contribution in [3.63, 3.8) is 0 Å². The van der Waals surface area contributed by atoms with Gasteiger partial charge in [0.1, 0.15) is 17.9 Å². The number of aromatic nitrogens is 1. The summed E-state index contributed by atoms with van der Waals surface area (Å²) >= 11 is 0. The van der Waals surface area contributed by atoms with Gasteiger partial charge < -0.3 is 19.9 Å². The summed E-state index contributed by atoms with van der Waals surface area (Å²) in [5.41, 5.74) is 3.38. The van der Waals surface area contributed by atoms with E-state index in [1.54, 1.807) is 31.3 Å². The molecule has 184 valence electrons. The van der Waals surface area contributed by atoms with Crippen LogP contribution in [0, 0.1) is 6.92 Å². The van der Waals surface area contributed by atoms with Crippen molar-refractivity contribution in [1.82, 2.24) is 10.5 Å². The number of urea groups is 1. The van der Waals surface area contributed by atoms with Crippen molar-refractivity contribution in [1.29, 1.82) is 0 Å². The molecule has 2 N–H and O–H groups in total. The average Bonchev–Trinajstić information content (AvgIpc) is 3.57. The fraction of sp³-hybridized carbons (Fsp3) is 0.320. The molecule has 0 saturated heterocycles. The van der Waals surface area contributed by atoms with Crippen molar-refractivity contribution in [2.75, 3.05) is 18.5 Å². The number of carbonyl (C=O) groups excluding carboxylic acids is 2. The number of nitrogens with zero attached hydrogens (tertiary/aromatic N) is 1. The van der Waals surface area contributed by atoms with Crippen LogP contribution in [-0.2, 0) is 14.9 Å². The number of hydrogen-bond donors (Lipinski definition) is 2. The first-order valence-corrected chi connectivity index (χ1v) is 11.1. The Morgan fingerprint density at radius 3 is 2.14 bits per heavy atom. The molecule has 0 aliphatic heterocycles. The minimum Gasteiger partial charge on any atom is -0.465 e. The van der Waals surface area contributed by atoms with E-state index in [1.165, 1.54) is 0 Å². The summed E-state index contributed by atoms with van der Waals surface area (Å²) in [4.78, 5) is 24.2. The fourth-order valence-electron chi connectivity index (χ4n) is 3.85. The Bertz CT molecular complexity index is 1210. The second kappa shape index (κ2) is 9.44. The summed E-state index contributed by atoms with van der Waals surface area (Å²) in [5, 5.41) is 7.96. The van der Waals surface area contributed by atoms with E-state index < -0.39 is 24.2 Å². The van der Waals surface area contributed by atoms with Crippen molar-refractivity contribution < 1.29 is 32.0 Å². The van der Waals surface area contributed by atoms with Crippen LogP contribution in [0.1, 0.15) is 31.0 Å². The van der Waals surface area contributed by atoms with Gasteiger partial charge in [0.05, 0.1) is 12.0 Å². The number of aryl methyl sites for hydroxylation is 1. The Morgan fingerprint density at radius 1 is 1.03 bits per heavy atom. The quantitative estimate of drug-likeness (QED) is 0.424. The number of esters is 1. The Hall–Kier alpha value is -3.82. The van der Waals surface area contributed by atoms with Crippen molar-refractivity contribution in [2.24, 2.45) is 0 Å². The highest BCUT2D eigenvalue weighted by Crippen LogP contribution is 2.49. The van der Waals surface area contributed by atoms with Crippen LogP contribution in [0.15, 0.2) is 53.1 Å². The molecule has 35 heavy (non-hydrogen) atoms. The standard InChI is InChI=1S/C25H24F3N3O4/c1-3-34-22(32)24(12-13-24)19-10-8-17(9-11-19)16-4-6-18(7-5-16)21-20(15(2)31-35-21)30-23(33)29-14-25(26,27)28/h4-11H,3,12-14H2,1-2H3,(H2,29,30,33). The van der Waals surface area contributed by atoms with Crippen molar-refractivity contribution in [2.45, 2.75) is 38.3 Å². The molecule has 1 heterocycles. The van der Waals surface area contributed by atoms with Gasteiger partial charge in [-0.1, -0.05) is 53.7 Å². The Balaban J connectivity index is 1.48. The van der Waals surface area contributed by atoms with Crippen LogP contribution >= 0.6 is 0 Å². The first-order valence-electron chi connectivity index (χ1n) is 11.1. The maximum absolute atomic E-state index is 12.4. The first kappa shape index (κ1) is 24.3. The number of rotatable bonds is 7. The molecule has 2 amide bonds. The molecule has 10 heteroatoms. The van der Waals surface area contributed by atoms with E-state index in [9.17, 15) is 22.8 Å². The highest BCUT2D eigenvalue weighted by Gasteiger charge is 2.52. The molecule has 0 spiro atoms. The Labute approximate surface area is 199 Å². The zero-order valence-electron chi connectivity index (χ0n) is 19.2. The van der Waals surface area contributed by atoms with Gasteiger partial charge in [-0.2, -0.15) is 13.2 Å². The molecule has 1 aliphatic carbocycles. The maximum atomic E-state index is 12.4. The number of halogens is 3. The van der Waals surface area contributed by atoms with E-state index >= 15 is 0 Å². The molecule has 0 radical (unpaired) electrons. The number of benzene rings is 2. The lowest BCUT2D eigenvalue weighted by Gasteiger charge is -2.14. The smallest absolute Gasteiger partial charge is 0.405 e. The third-order valence-electron chi connectivity index (χ3n) is 5.88. The number of ether oxygens (including phenoxy) is 1. The molecule has 7 nitrogen and oxygen atoms in total. The van der Waals surface area contributed by atoms with Gasteiger partial charge in [0, 0.05) is 5.56 Å². The predicted octanol–water partition coefficient (Wildman–Crippen LogP) is 5.60. The number of nitrogens with one attached hydrogen (secondary N) is 2. The zero-order valence-corrected chi connectivity index (χ0v) is 19.2. The lowest BCUT2D eigenvalue weighted by molar-refractivity contribution is -0.146. The molecule has 0 atom stereocenters. The van der Waals surface area contributed by atoms with E-state index in [2.05, 4.69) is 10.5 Å². The van der Waals surface area contributed by atoms with Crippen molar-refractivity contribution in [3.05, 3.63) is 59.8 Å². The van der Waals surface area contributed by atoms with Gasteiger partial charge in [-0.25, -0.2) is 4.79 Å². The number of carbonyl (C=O) groups is 2. The van der Waals surface area contributed by atoms with E-state index in [-0.39, 0.29) is 17.4 Å². The molecule has 3 aromatic rings. The van der Waals surface area contributed by atoms with Gasteiger partial charge in [0.2, 0.25) is 0 Å². The second-order valence-corrected chi connectivity index (χ2v) is 8.35. The summed E-state index contributed by atoms with van der Waals surface area (Å²) in [6.45, 7) is 2.27. The topological polar surface area (TPSA) is 93.5 Å². The summed E-state index contributed by atoms with van der Waals surface area (Å²) in [6, 6.07) is 14.0. The van der Waals surface area contributed by atoms with Crippen LogP contribution in [0.3, 0.4) is 0 Å². The molecule has 4 rings (SSSR count). The van der Waals surface area contributed by atoms with Gasteiger partial charge >= 0.3 is 18.2 Å². The van der Waals surface area contributed by atoms with Crippen molar-refractivity contribution in [3.8, 4) is 22.5 Å². The number of anilines is 1. The van der Waals surface area contributed by atoms with Gasteiger partial charge in [-0.15, -0.1) is 0 Å². The fourth-order valence-corrected chi connectivity index (χ4v) is 3.85.